The smallest absolute Gasteiger partial charge is 0.317 e. The van der Waals surface area contributed by atoms with Crippen LogP contribution in [0.5, 0.6) is 0 Å². The molecular weight excluding hydrogens is 356 g/mol. The molecule has 1 aliphatic rings. The lowest BCUT2D eigenvalue weighted by Crippen LogP contribution is -2.45. The Balaban J connectivity index is 1.47. The molecule has 0 radical (unpaired) electrons. The van der Waals surface area contributed by atoms with Crippen LogP contribution in [0, 0.1) is 5.92 Å². The number of aromatic nitrogens is 2. The lowest BCUT2D eigenvalue weighted by molar-refractivity contribution is 0.0689. The number of hydrogen-bond acceptors (Lipinski definition) is 5. The number of aliphatic hydroxyl groups excluding tert-OH is 1. The molecule has 25 heavy (non-hydrogen) atoms. The van der Waals surface area contributed by atoms with E-state index in [0.29, 0.717) is 19.6 Å². The number of likely N-dealkylation sites (tertiary alicyclic amines) is 1. The van der Waals surface area contributed by atoms with Crippen LogP contribution in [0.1, 0.15) is 29.5 Å². The van der Waals surface area contributed by atoms with E-state index in [1.165, 1.54) is 0 Å². The Hall–Kier alpha value is -1.51. The molecule has 8 heteroatoms. The third-order valence-electron chi connectivity index (χ3n) is 4.75. The van der Waals surface area contributed by atoms with E-state index in [9.17, 15) is 9.90 Å². The van der Waals surface area contributed by atoms with Crippen molar-refractivity contribution >= 4 is 29.1 Å². The average Bonchev–Trinajstić information content (AvgIpc) is 3.29. The fraction of sp³-hybridized carbons (Fsp3) is 0.529. The third-order valence-corrected chi connectivity index (χ3v) is 6.44. The molecule has 1 aliphatic heterocycles. The number of nitrogens with one attached hydrogen (secondary N) is 1. The fourth-order valence-corrected chi connectivity index (χ4v) is 4.52. The Morgan fingerprint density at radius 2 is 2.28 bits per heavy atom. The Bertz CT molecular complexity index is 694. The minimum atomic E-state index is -0.412. The van der Waals surface area contributed by atoms with Gasteiger partial charge in [-0.3, -0.25) is 0 Å². The molecular formula is C17H24N4O2S2. The molecule has 0 saturated carbocycles. The van der Waals surface area contributed by atoms with Gasteiger partial charge in [-0.1, -0.05) is 17.8 Å². The van der Waals surface area contributed by atoms with Crippen molar-refractivity contribution < 1.29 is 9.90 Å². The summed E-state index contributed by atoms with van der Waals surface area (Å²) in [5.41, 5.74) is 0.987. The molecule has 2 aromatic rings. The van der Waals surface area contributed by atoms with Crippen LogP contribution in [0.25, 0.3) is 0 Å². The molecule has 1 fully saturated rings. The predicted molar refractivity (Wildman–Crippen MR) is 101 cm³/mol. The summed E-state index contributed by atoms with van der Waals surface area (Å²) in [6.45, 7) is 1.83. The molecule has 2 N–H and O–H groups in total. The van der Waals surface area contributed by atoms with Crippen LogP contribution < -0.4 is 5.32 Å². The fourth-order valence-electron chi connectivity index (χ4n) is 3.17. The summed E-state index contributed by atoms with van der Waals surface area (Å²) in [5, 5.41) is 16.3. The van der Waals surface area contributed by atoms with Gasteiger partial charge < -0.3 is 19.9 Å². The summed E-state index contributed by atoms with van der Waals surface area (Å²) in [6.07, 6.45) is 5.03. The SMILES string of the molecule is CSc1ncc(CNC(=O)N2CCC([C@@H](O)c3cccs3)CC2)n1C. The first-order valence-electron chi connectivity index (χ1n) is 8.39. The maximum absolute atomic E-state index is 12.4. The number of imidazole rings is 1. The minimum Gasteiger partial charge on any atom is -0.387 e. The molecule has 0 aliphatic carbocycles. The van der Waals surface area contributed by atoms with Gasteiger partial charge in [0.25, 0.3) is 0 Å². The van der Waals surface area contributed by atoms with E-state index in [4.69, 9.17) is 0 Å². The van der Waals surface area contributed by atoms with Gasteiger partial charge in [-0.15, -0.1) is 11.3 Å². The molecule has 1 atom stereocenters. The number of piperidine rings is 1. The van der Waals surface area contributed by atoms with Crippen LogP contribution in [0.2, 0.25) is 0 Å². The van der Waals surface area contributed by atoms with Crippen LogP contribution >= 0.6 is 23.1 Å². The zero-order chi connectivity index (χ0) is 17.8. The summed E-state index contributed by atoms with van der Waals surface area (Å²) in [7, 11) is 1.96. The molecule has 0 aromatic carbocycles. The van der Waals surface area contributed by atoms with Gasteiger partial charge in [0.05, 0.1) is 24.5 Å². The van der Waals surface area contributed by atoms with Gasteiger partial charge in [0.15, 0.2) is 5.16 Å². The average molecular weight is 381 g/mol. The first-order chi connectivity index (χ1) is 12.1. The number of carbonyl (C=O) groups is 1. The highest BCUT2D eigenvalue weighted by Crippen LogP contribution is 2.32. The summed E-state index contributed by atoms with van der Waals surface area (Å²) in [5.74, 6) is 0.226. The first kappa shape index (κ1) is 18.3. The van der Waals surface area contributed by atoms with Gasteiger partial charge in [-0.2, -0.15) is 0 Å². The number of carbonyl (C=O) groups excluding carboxylic acids is 1. The largest absolute Gasteiger partial charge is 0.387 e. The van der Waals surface area contributed by atoms with E-state index < -0.39 is 6.10 Å². The van der Waals surface area contributed by atoms with Crippen LogP contribution in [-0.4, -0.2) is 44.9 Å². The summed E-state index contributed by atoms with van der Waals surface area (Å²) in [6, 6.07) is 3.90. The van der Waals surface area contributed by atoms with E-state index in [1.54, 1.807) is 29.3 Å². The van der Waals surface area contributed by atoms with Crippen molar-refractivity contribution in [2.45, 2.75) is 30.6 Å². The second kappa shape index (κ2) is 8.25. The number of aliphatic hydroxyl groups is 1. The Labute approximate surface area is 156 Å². The predicted octanol–water partition coefficient (Wildman–Crippen LogP) is 2.86. The van der Waals surface area contributed by atoms with Crippen molar-refractivity contribution in [3.63, 3.8) is 0 Å². The normalized spacial score (nSPS) is 16.8. The maximum atomic E-state index is 12.4. The van der Waals surface area contributed by atoms with Crippen molar-refractivity contribution in [1.82, 2.24) is 19.8 Å². The Morgan fingerprint density at radius 1 is 1.52 bits per heavy atom. The van der Waals surface area contributed by atoms with Crippen molar-refractivity contribution in [3.05, 3.63) is 34.3 Å². The van der Waals surface area contributed by atoms with E-state index >= 15 is 0 Å². The minimum absolute atomic E-state index is 0.0454. The van der Waals surface area contributed by atoms with Gasteiger partial charge in [-0.05, 0) is 36.5 Å². The standard InChI is InChI=1S/C17H24N4O2S2/c1-20-13(11-19-17(20)24-2)10-18-16(23)21-7-5-12(6-8-21)15(22)14-4-3-9-25-14/h3-4,9,11-12,15,22H,5-8,10H2,1-2H3,(H,18,23)/t15-/m1/s1. The second-order valence-electron chi connectivity index (χ2n) is 6.24. The Morgan fingerprint density at radius 3 is 2.88 bits per heavy atom. The quantitative estimate of drug-likeness (QED) is 0.783. The topological polar surface area (TPSA) is 70.4 Å². The number of urea groups is 1. The number of rotatable bonds is 5. The van der Waals surface area contributed by atoms with Crippen LogP contribution in [0.3, 0.4) is 0 Å². The van der Waals surface area contributed by atoms with Gasteiger partial charge >= 0.3 is 6.03 Å². The zero-order valence-corrected chi connectivity index (χ0v) is 16.1. The molecule has 2 amide bonds. The van der Waals surface area contributed by atoms with Crippen molar-refractivity contribution in [3.8, 4) is 0 Å². The molecule has 3 rings (SSSR count). The van der Waals surface area contributed by atoms with Gasteiger partial charge in [0, 0.05) is 25.0 Å². The van der Waals surface area contributed by atoms with Gasteiger partial charge in [0.1, 0.15) is 0 Å². The van der Waals surface area contributed by atoms with Crippen molar-refractivity contribution in [2.75, 3.05) is 19.3 Å². The summed E-state index contributed by atoms with van der Waals surface area (Å²) < 4.78 is 1.99. The van der Waals surface area contributed by atoms with E-state index in [0.717, 1.165) is 28.6 Å². The molecule has 3 heterocycles. The van der Waals surface area contributed by atoms with E-state index in [1.807, 2.05) is 40.3 Å². The van der Waals surface area contributed by atoms with Gasteiger partial charge in [0.2, 0.25) is 0 Å². The lowest BCUT2D eigenvalue weighted by Gasteiger charge is -2.34. The lowest BCUT2D eigenvalue weighted by atomic mass is 9.90. The number of amides is 2. The molecule has 6 nitrogen and oxygen atoms in total. The van der Waals surface area contributed by atoms with Crippen molar-refractivity contribution in [2.24, 2.45) is 13.0 Å². The monoisotopic (exact) mass is 380 g/mol. The maximum Gasteiger partial charge on any atom is 0.317 e. The molecule has 2 aromatic heterocycles. The highest BCUT2D eigenvalue weighted by atomic mass is 32.2. The molecule has 1 saturated heterocycles. The van der Waals surface area contributed by atoms with Crippen LogP contribution in [-0.2, 0) is 13.6 Å². The third kappa shape index (κ3) is 4.19. The Kier molecular flexibility index (Phi) is 6.03. The molecule has 0 unspecified atom stereocenters. The molecule has 136 valence electrons. The molecule has 0 bridgehead atoms. The van der Waals surface area contributed by atoms with Crippen molar-refractivity contribution in [1.29, 1.82) is 0 Å². The van der Waals surface area contributed by atoms with Crippen LogP contribution in [0.15, 0.2) is 28.9 Å². The first-order valence-corrected chi connectivity index (χ1v) is 10.5. The number of thiophene rings is 1. The highest BCUT2D eigenvalue weighted by molar-refractivity contribution is 7.98. The molecule has 0 spiro atoms. The zero-order valence-electron chi connectivity index (χ0n) is 14.5. The van der Waals surface area contributed by atoms with E-state index in [-0.39, 0.29) is 11.9 Å². The van der Waals surface area contributed by atoms with Crippen LogP contribution in [0.4, 0.5) is 4.79 Å². The summed E-state index contributed by atoms with van der Waals surface area (Å²) in [4.78, 5) is 19.6. The second-order valence-corrected chi connectivity index (χ2v) is 7.99. The summed E-state index contributed by atoms with van der Waals surface area (Å²) >= 11 is 3.18. The van der Waals surface area contributed by atoms with Gasteiger partial charge in [-0.25, -0.2) is 9.78 Å². The number of thioether (sulfide) groups is 1. The highest BCUT2D eigenvalue weighted by Gasteiger charge is 2.28. The number of hydrogen-bond donors (Lipinski definition) is 2. The van der Waals surface area contributed by atoms with E-state index in [2.05, 4.69) is 10.3 Å². The number of nitrogens with zero attached hydrogens (tertiary/aromatic N) is 3.